The molecule has 0 aliphatic heterocycles. The van der Waals surface area contributed by atoms with Crippen molar-refractivity contribution < 1.29 is 4.74 Å². The highest BCUT2D eigenvalue weighted by Gasteiger charge is 1.97. The third-order valence-corrected chi connectivity index (χ3v) is 2.50. The average Bonchev–Trinajstić information content (AvgIpc) is 2.48. The second-order valence-electron chi connectivity index (χ2n) is 3.82. The summed E-state index contributed by atoms with van der Waals surface area (Å²) in [6.07, 6.45) is 11.0. The van der Waals surface area contributed by atoms with Gasteiger partial charge in [0.15, 0.2) is 0 Å². The Hall–Kier alpha value is -2.22. The number of allylic oxidation sites excluding steroid dienone is 5. The predicted octanol–water partition coefficient (Wildman–Crippen LogP) is 4.63. The van der Waals surface area contributed by atoms with Gasteiger partial charge in [0, 0.05) is 0 Å². The van der Waals surface area contributed by atoms with Crippen molar-refractivity contribution in [1.82, 2.24) is 0 Å². The Balaban J connectivity index is 0.00000172. The summed E-state index contributed by atoms with van der Waals surface area (Å²) < 4.78 is 5.29. The maximum absolute atomic E-state index is 5.38. The molecule has 20 heavy (non-hydrogen) atoms. The largest absolute Gasteiger partial charge is 0.496 e. The second-order valence-corrected chi connectivity index (χ2v) is 3.82. The standard InChI is InChI=1S/C16H19NO.C2H6/c1-4-5-14(10-11-17)8-9-15-7-6-13(2)16(12-15)18-3;1-2/h4-12H,1,17H2,2-3H3;1-2H3/b9-8+,11-10-,14-5-;. The lowest BCUT2D eigenvalue weighted by Crippen LogP contribution is -1.87. The van der Waals surface area contributed by atoms with Gasteiger partial charge in [-0.2, -0.15) is 0 Å². The molecule has 1 rings (SSSR count). The van der Waals surface area contributed by atoms with Gasteiger partial charge in [0.25, 0.3) is 0 Å². The van der Waals surface area contributed by atoms with Crippen molar-refractivity contribution in [2.75, 3.05) is 7.11 Å². The zero-order valence-electron chi connectivity index (χ0n) is 12.9. The molecule has 0 amide bonds. The molecule has 0 aliphatic rings. The molecule has 108 valence electrons. The third-order valence-electron chi connectivity index (χ3n) is 2.50. The van der Waals surface area contributed by atoms with Gasteiger partial charge in [-0.15, -0.1) is 0 Å². The molecule has 0 saturated carbocycles. The summed E-state index contributed by atoms with van der Waals surface area (Å²) in [5, 5.41) is 0. The van der Waals surface area contributed by atoms with E-state index in [-0.39, 0.29) is 0 Å². The van der Waals surface area contributed by atoms with Crippen LogP contribution in [-0.2, 0) is 0 Å². The van der Waals surface area contributed by atoms with Crippen molar-refractivity contribution in [3.05, 3.63) is 72.0 Å². The summed E-state index contributed by atoms with van der Waals surface area (Å²) in [5.74, 6) is 0.890. The van der Waals surface area contributed by atoms with Crippen LogP contribution < -0.4 is 10.5 Å². The van der Waals surface area contributed by atoms with Crippen LogP contribution in [0.25, 0.3) is 6.08 Å². The number of hydrogen-bond acceptors (Lipinski definition) is 2. The van der Waals surface area contributed by atoms with Gasteiger partial charge in [-0.1, -0.05) is 56.9 Å². The van der Waals surface area contributed by atoms with E-state index in [0.717, 1.165) is 22.4 Å². The van der Waals surface area contributed by atoms with E-state index in [1.54, 1.807) is 13.2 Å². The van der Waals surface area contributed by atoms with Gasteiger partial charge in [-0.25, -0.2) is 0 Å². The van der Waals surface area contributed by atoms with E-state index in [9.17, 15) is 0 Å². The predicted molar refractivity (Wildman–Crippen MR) is 89.7 cm³/mol. The second kappa shape index (κ2) is 10.7. The average molecular weight is 271 g/mol. The maximum atomic E-state index is 5.38. The van der Waals surface area contributed by atoms with Crippen molar-refractivity contribution >= 4 is 6.08 Å². The number of ether oxygens (including phenoxy) is 1. The zero-order valence-corrected chi connectivity index (χ0v) is 12.9. The Kier molecular flexibility index (Phi) is 9.49. The van der Waals surface area contributed by atoms with Crippen molar-refractivity contribution in [3.63, 3.8) is 0 Å². The fourth-order valence-electron chi connectivity index (χ4n) is 1.55. The van der Waals surface area contributed by atoms with Gasteiger partial charge >= 0.3 is 0 Å². The van der Waals surface area contributed by atoms with Gasteiger partial charge in [0.05, 0.1) is 7.11 Å². The first kappa shape index (κ1) is 17.8. The summed E-state index contributed by atoms with van der Waals surface area (Å²) in [7, 11) is 1.68. The van der Waals surface area contributed by atoms with Gasteiger partial charge in [-0.05, 0) is 42.0 Å². The number of methoxy groups -OCH3 is 1. The van der Waals surface area contributed by atoms with Gasteiger partial charge in [0.2, 0.25) is 0 Å². The molecule has 0 atom stereocenters. The molecule has 1 aromatic rings. The zero-order chi connectivity index (χ0) is 15.4. The molecule has 2 nitrogen and oxygen atoms in total. The molecular formula is C18H25NO. The fraction of sp³-hybridized carbons (Fsp3) is 0.222. The Bertz CT molecular complexity index is 496. The van der Waals surface area contributed by atoms with Gasteiger partial charge in [-0.3, -0.25) is 0 Å². The lowest BCUT2D eigenvalue weighted by atomic mass is 10.1. The topological polar surface area (TPSA) is 35.2 Å². The summed E-state index contributed by atoms with van der Waals surface area (Å²) in [5.41, 5.74) is 8.58. The monoisotopic (exact) mass is 271 g/mol. The smallest absolute Gasteiger partial charge is 0.122 e. The molecule has 1 aromatic carbocycles. The van der Waals surface area contributed by atoms with Crippen LogP contribution in [0.15, 0.2) is 60.9 Å². The van der Waals surface area contributed by atoms with E-state index in [2.05, 4.69) is 6.58 Å². The summed E-state index contributed by atoms with van der Waals surface area (Å²) >= 11 is 0. The molecular weight excluding hydrogens is 246 g/mol. The van der Waals surface area contributed by atoms with E-state index in [0.29, 0.717) is 0 Å². The number of benzene rings is 1. The summed E-state index contributed by atoms with van der Waals surface area (Å²) in [6, 6.07) is 6.09. The number of aryl methyl sites for hydroxylation is 1. The highest BCUT2D eigenvalue weighted by molar-refractivity contribution is 5.57. The number of rotatable bonds is 5. The molecule has 0 spiro atoms. The quantitative estimate of drug-likeness (QED) is 0.793. The van der Waals surface area contributed by atoms with Gasteiger partial charge in [0.1, 0.15) is 5.75 Å². The van der Waals surface area contributed by atoms with Crippen LogP contribution in [0, 0.1) is 6.92 Å². The number of hydrogen-bond donors (Lipinski definition) is 1. The normalized spacial score (nSPS) is 11.3. The third kappa shape index (κ3) is 6.10. The lowest BCUT2D eigenvalue weighted by Gasteiger charge is -2.04. The first-order valence-electron chi connectivity index (χ1n) is 6.75. The van der Waals surface area contributed by atoms with Crippen LogP contribution in [0.3, 0.4) is 0 Å². The number of nitrogens with two attached hydrogens (primary N) is 1. The molecule has 0 aromatic heterocycles. The maximum Gasteiger partial charge on any atom is 0.122 e. The van der Waals surface area contributed by atoms with Crippen LogP contribution in [-0.4, -0.2) is 7.11 Å². The van der Waals surface area contributed by atoms with E-state index in [4.69, 9.17) is 10.5 Å². The first-order valence-corrected chi connectivity index (χ1v) is 6.75. The van der Waals surface area contributed by atoms with Crippen LogP contribution >= 0.6 is 0 Å². The van der Waals surface area contributed by atoms with E-state index in [1.165, 1.54) is 6.20 Å². The molecule has 0 unspecified atom stereocenters. The summed E-state index contributed by atoms with van der Waals surface area (Å²) in [6.45, 7) is 9.69. The lowest BCUT2D eigenvalue weighted by molar-refractivity contribution is 0.411. The SMILES string of the molecule is C=C/C=C(\C=C/N)/C=C/c1ccc(C)c(OC)c1.CC. The molecule has 2 N–H and O–H groups in total. The van der Waals surface area contributed by atoms with Crippen LogP contribution in [0.1, 0.15) is 25.0 Å². The van der Waals surface area contributed by atoms with E-state index in [1.807, 2.05) is 63.3 Å². The Morgan fingerprint density at radius 2 is 1.95 bits per heavy atom. The van der Waals surface area contributed by atoms with Crippen molar-refractivity contribution in [2.24, 2.45) is 5.73 Å². The Labute approximate surface area is 123 Å². The Morgan fingerprint density at radius 1 is 1.25 bits per heavy atom. The molecule has 0 aliphatic carbocycles. The van der Waals surface area contributed by atoms with Crippen LogP contribution in [0.2, 0.25) is 0 Å². The molecule has 0 fully saturated rings. The minimum atomic E-state index is 0.890. The molecule has 0 saturated heterocycles. The highest BCUT2D eigenvalue weighted by Crippen LogP contribution is 2.20. The van der Waals surface area contributed by atoms with Crippen LogP contribution in [0.5, 0.6) is 5.75 Å². The first-order chi connectivity index (χ1) is 9.71. The molecule has 2 heteroatoms. The minimum absolute atomic E-state index is 0.890. The Morgan fingerprint density at radius 3 is 2.50 bits per heavy atom. The molecule has 0 heterocycles. The molecule has 0 bridgehead atoms. The van der Waals surface area contributed by atoms with Crippen LogP contribution in [0.4, 0.5) is 0 Å². The van der Waals surface area contributed by atoms with E-state index >= 15 is 0 Å². The van der Waals surface area contributed by atoms with E-state index < -0.39 is 0 Å². The molecule has 0 radical (unpaired) electrons. The summed E-state index contributed by atoms with van der Waals surface area (Å²) in [4.78, 5) is 0. The van der Waals surface area contributed by atoms with Crippen molar-refractivity contribution in [2.45, 2.75) is 20.8 Å². The minimum Gasteiger partial charge on any atom is -0.496 e. The highest BCUT2D eigenvalue weighted by atomic mass is 16.5. The van der Waals surface area contributed by atoms with Crippen molar-refractivity contribution in [3.8, 4) is 5.75 Å². The fourth-order valence-corrected chi connectivity index (χ4v) is 1.55. The van der Waals surface area contributed by atoms with Gasteiger partial charge < -0.3 is 10.5 Å². The van der Waals surface area contributed by atoms with Crippen molar-refractivity contribution in [1.29, 1.82) is 0 Å².